The molecule has 0 amide bonds. The first-order chi connectivity index (χ1) is 6.52. The summed E-state index contributed by atoms with van der Waals surface area (Å²) in [6.07, 6.45) is 0.933. The third kappa shape index (κ3) is 2.68. The van der Waals surface area contributed by atoms with Gasteiger partial charge in [-0.2, -0.15) is 0 Å². The summed E-state index contributed by atoms with van der Waals surface area (Å²) in [4.78, 5) is 0. The average molecular weight is 219 g/mol. The molecule has 0 fully saturated rings. The van der Waals surface area contributed by atoms with Gasteiger partial charge in [0.05, 0.1) is 0 Å². The van der Waals surface area contributed by atoms with Crippen molar-refractivity contribution in [3.63, 3.8) is 0 Å². The zero-order valence-corrected chi connectivity index (χ0v) is 9.04. The largest absolute Gasteiger partial charge is 0.207 e. The first-order valence-electron chi connectivity index (χ1n) is 4.60. The van der Waals surface area contributed by atoms with Crippen LogP contribution in [0.15, 0.2) is 12.1 Å². The maximum atomic E-state index is 13.4. The number of rotatable bonds is 3. The van der Waals surface area contributed by atoms with Crippen LogP contribution in [0.4, 0.5) is 8.78 Å². The van der Waals surface area contributed by atoms with Crippen molar-refractivity contribution in [2.45, 2.75) is 32.1 Å². The van der Waals surface area contributed by atoms with Gasteiger partial charge in [-0.05, 0) is 38.3 Å². The quantitative estimate of drug-likeness (QED) is 0.677. The lowest BCUT2D eigenvalue weighted by Gasteiger charge is -2.07. The van der Waals surface area contributed by atoms with Gasteiger partial charge in [0.1, 0.15) is 11.6 Å². The zero-order chi connectivity index (χ0) is 10.7. The van der Waals surface area contributed by atoms with Crippen LogP contribution in [0.2, 0.25) is 0 Å². The first-order valence-corrected chi connectivity index (χ1v) is 5.03. The van der Waals surface area contributed by atoms with Crippen LogP contribution in [-0.2, 0) is 6.42 Å². The van der Waals surface area contributed by atoms with E-state index in [0.29, 0.717) is 18.4 Å². The second kappa shape index (κ2) is 4.74. The fourth-order valence-corrected chi connectivity index (χ4v) is 1.40. The Morgan fingerprint density at radius 3 is 2.57 bits per heavy atom. The molecule has 1 rings (SSSR count). The third-order valence-corrected chi connectivity index (χ3v) is 2.39. The smallest absolute Gasteiger partial charge is 0.132 e. The van der Waals surface area contributed by atoms with E-state index >= 15 is 0 Å². The standard InChI is InChI=1S/C11H13ClF2/c1-7-3-6-10(13)9(11(7)14)5-4-8(2)12/h3,6,8H,4-5H2,1-2H3. The summed E-state index contributed by atoms with van der Waals surface area (Å²) in [6.45, 7) is 3.44. The second-order valence-electron chi connectivity index (χ2n) is 3.48. The van der Waals surface area contributed by atoms with E-state index in [4.69, 9.17) is 11.6 Å². The predicted octanol–water partition coefficient (Wildman–Crippen LogP) is 3.83. The predicted molar refractivity (Wildman–Crippen MR) is 54.7 cm³/mol. The number of hydrogen-bond acceptors (Lipinski definition) is 0. The minimum atomic E-state index is -0.481. The number of halogens is 3. The highest BCUT2D eigenvalue weighted by molar-refractivity contribution is 6.20. The normalized spacial score (nSPS) is 12.9. The molecule has 14 heavy (non-hydrogen) atoms. The van der Waals surface area contributed by atoms with Crippen LogP contribution in [0.1, 0.15) is 24.5 Å². The molecule has 0 spiro atoms. The maximum Gasteiger partial charge on any atom is 0.132 e. The molecular weight excluding hydrogens is 206 g/mol. The number of alkyl halides is 1. The van der Waals surface area contributed by atoms with Gasteiger partial charge in [0.25, 0.3) is 0 Å². The Balaban J connectivity index is 2.89. The number of hydrogen-bond donors (Lipinski definition) is 0. The van der Waals surface area contributed by atoms with E-state index in [-0.39, 0.29) is 10.9 Å². The molecular formula is C11H13ClF2. The van der Waals surface area contributed by atoms with E-state index in [1.54, 1.807) is 6.92 Å². The van der Waals surface area contributed by atoms with Gasteiger partial charge in [-0.15, -0.1) is 11.6 Å². The highest BCUT2D eigenvalue weighted by atomic mass is 35.5. The molecule has 0 nitrogen and oxygen atoms in total. The molecule has 1 unspecified atom stereocenters. The monoisotopic (exact) mass is 218 g/mol. The van der Waals surface area contributed by atoms with Crippen molar-refractivity contribution in [2.75, 3.05) is 0 Å². The summed E-state index contributed by atoms with van der Waals surface area (Å²) in [5.74, 6) is -0.923. The molecule has 3 heteroatoms. The lowest BCUT2D eigenvalue weighted by molar-refractivity contribution is 0.544. The van der Waals surface area contributed by atoms with Gasteiger partial charge in [-0.25, -0.2) is 8.78 Å². The summed E-state index contributed by atoms with van der Waals surface area (Å²) in [5, 5.41) is -0.0608. The van der Waals surface area contributed by atoms with Crippen LogP contribution in [0, 0.1) is 18.6 Å². The molecule has 0 aliphatic carbocycles. The SMILES string of the molecule is Cc1ccc(F)c(CCC(C)Cl)c1F. The maximum absolute atomic E-state index is 13.4. The van der Waals surface area contributed by atoms with Gasteiger partial charge < -0.3 is 0 Å². The third-order valence-electron chi connectivity index (χ3n) is 2.17. The Morgan fingerprint density at radius 2 is 2.00 bits per heavy atom. The molecule has 0 saturated heterocycles. The Morgan fingerprint density at radius 1 is 1.36 bits per heavy atom. The van der Waals surface area contributed by atoms with Gasteiger partial charge in [-0.3, -0.25) is 0 Å². The summed E-state index contributed by atoms with van der Waals surface area (Å²) < 4.78 is 26.6. The molecule has 1 aromatic carbocycles. The molecule has 0 aliphatic rings. The second-order valence-corrected chi connectivity index (χ2v) is 4.22. The van der Waals surface area contributed by atoms with Crippen LogP contribution in [-0.4, -0.2) is 5.38 Å². The summed E-state index contributed by atoms with van der Waals surface area (Å²) >= 11 is 5.73. The zero-order valence-electron chi connectivity index (χ0n) is 8.28. The first kappa shape index (κ1) is 11.4. The van der Waals surface area contributed by atoms with E-state index in [0.717, 1.165) is 0 Å². The van der Waals surface area contributed by atoms with Gasteiger partial charge in [0.15, 0.2) is 0 Å². The molecule has 0 heterocycles. The Kier molecular flexibility index (Phi) is 3.87. The highest BCUT2D eigenvalue weighted by Gasteiger charge is 2.11. The molecule has 0 bridgehead atoms. The molecule has 0 radical (unpaired) electrons. The summed E-state index contributed by atoms with van der Waals surface area (Å²) in [5.41, 5.74) is 0.626. The van der Waals surface area contributed by atoms with E-state index in [9.17, 15) is 8.78 Å². The van der Waals surface area contributed by atoms with Crippen molar-refractivity contribution in [1.82, 2.24) is 0 Å². The van der Waals surface area contributed by atoms with Crippen molar-refractivity contribution >= 4 is 11.6 Å². The Bertz CT molecular complexity index is 321. The van der Waals surface area contributed by atoms with Crippen LogP contribution < -0.4 is 0 Å². The van der Waals surface area contributed by atoms with E-state index in [2.05, 4.69) is 0 Å². The van der Waals surface area contributed by atoms with Crippen LogP contribution in [0.5, 0.6) is 0 Å². The molecule has 0 saturated carbocycles. The molecule has 78 valence electrons. The van der Waals surface area contributed by atoms with Crippen molar-refractivity contribution in [3.8, 4) is 0 Å². The number of benzene rings is 1. The van der Waals surface area contributed by atoms with E-state index in [1.165, 1.54) is 12.1 Å². The van der Waals surface area contributed by atoms with E-state index < -0.39 is 11.6 Å². The molecule has 0 aliphatic heterocycles. The molecule has 0 aromatic heterocycles. The van der Waals surface area contributed by atoms with Crippen LogP contribution in [0.25, 0.3) is 0 Å². The summed E-state index contributed by atoms with van der Waals surface area (Å²) in [7, 11) is 0. The lowest BCUT2D eigenvalue weighted by atomic mass is 10.0. The molecule has 1 atom stereocenters. The number of aryl methyl sites for hydroxylation is 1. The van der Waals surface area contributed by atoms with Gasteiger partial charge in [0, 0.05) is 10.9 Å². The summed E-state index contributed by atoms with van der Waals surface area (Å²) in [6, 6.07) is 2.74. The van der Waals surface area contributed by atoms with Crippen molar-refractivity contribution in [2.24, 2.45) is 0 Å². The van der Waals surface area contributed by atoms with Gasteiger partial charge in [0.2, 0.25) is 0 Å². The molecule has 0 N–H and O–H groups in total. The minimum Gasteiger partial charge on any atom is -0.207 e. The van der Waals surface area contributed by atoms with Crippen molar-refractivity contribution < 1.29 is 8.78 Å². The average Bonchev–Trinajstić information content (AvgIpc) is 2.11. The Hall–Kier alpha value is -0.630. The molecule has 1 aromatic rings. The van der Waals surface area contributed by atoms with Gasteiger partial charge in [-0.1, -0.05) is 6.07 Å². The highest BCUT2D eigenvalue weighted by Crippen LogP contribution is 2.19. The van der Waals surface area contributed by atoms with Crippen molar-refractivity contribution in [1.29, 1.82) is 0 Å². The fourth-order valence-electron chi connectivity index (χ4n) is 1.29. The van der Waals surface area contributed by atoms with Crippen LogP contribution in [0.3, 0.4) is 0 Å². The van der Waals surface area contributed by atoms with E-state index in [1.807, 2.05) is 6.92 Å². The fraction of sp³-hybridized carbons (Fsp3) is 0.455. The lowest BCUT2D eigenvalue weighted by Crippen LogP contribution is -2.02. The van der Waals surface area contributed by atoms with Crippen LogP contribution >= 0.6 is 11.6 Å². The van der Waals surface area contributed by atoms with Gasteiger partial charge >= 0.3 is 0 Å². The minimum absolute atomic E-state index is 0.0608. The Labute approximate surface area is 87.9 Å². The van der Waals surface area contributed by atoms with Crippen molar-refractivity contribution in [3.05, 3.63) is 34.9 Å². The topological polar surface area (TPSA) is 0 Å².